The van der Waals surface area contributed by atoms with Crippen molar-refractivity contribution in [2.45, 2.75) is 19.4 Å². The summed E-state index contributed by atoms with van der Waals surface area (Å²) in [6, 6.07) is 14.6. The summed E-state index contributed by atoms with van der Waals surface area (Å²) < 4.78 is 0. The summed E-state index contributed by atoms with van der Waals surface area (Å²) in [5.41, 5.74) is 1.41. The first-order valence-electron chi connectivity index (χ1n) is 10.5. The lowest BCUT2D eigenvalue weighted by atomic mass is 9.88. The molecular formula is C23H27ClN4O4. The summed E-state index contributed by atoms with van der Waals surface area (Å²) in [6.45, 7) is 5.58. The summed E-state index contributed by atoms with van der Waals surface area (Å²) in [4.78, 5) is 24.1. The normalized spacial score (nSPS) is 20.8. The zero-order valence-corrected chi connectivity index (χ0v) is 18.4. The third kappa shape index (κ3) is 7.62. The van der Waals surface area contributed by atoms with E-state index < -0.39 is 11.9 Å². The van der Waals surface area contributed by atoms with Crippen molar-refractivity contribution in [3.8, 4) is 0 Å². The topological polar surface area (TPSA) is 107 Å². The minimum Gasteiger partial charge on any atom is -0.478 e. The molecule has 2 aromatic rings. The van der Waals surface area contributed by atoms with Crippen molar-refractivity contribution in [2.75, 3.05) is 31.1 Å². The largest absolute Gasteiger partial charge is 0.478 e. The van der Waals surface area contributed by atoms with E-state index in [1.54, 1.807) is 0 Å². The Balaban J connectivity index is 0.000000312. The van der Waals surface area contributed by atoms with Gasteiger partial charge in [0, 0.05) is 38.3 Å². The van der Waals surface area contributed by atoms with Gasteiger partial charge < -0.3 is 15.1 Å². The fraction of sp³-hybridized carbons (Fsp3) is 0.391. The molecule has 0 spiro atoms. The van der Waals surface area contributed by atoms with Crippen molar-refractivity contribution < 1.29 is 19.8 Å². The first-order valence-corrected chi connectivity index (χ1v) is 10.9. The maximum atomic E-state index is 9.55. The monoisotopic (exact) mass is 458 g/mol. The average Bonchev–Trinajstić information content (AvgIpc) is 2.91. The van der Waals surface area contributed by atoms with E-state index in [0.717, 1.165) is 31.4 Å². The number of likely N-dealkylation sites (tertiary alicyclic amines) is 1. The van der Waals surface area contributed by atoms with Crippen molar-refractivity contribution in [1.29, 1.82) is 0 Å². The van der Waals surface area contributed by atoms with Gasteiger partial charge in [0.15, 0.2) is 11.0 Å². The number of carboxylic acids is 2. The highest BCUT2D eigenvalue weighted by Gasteiger charge is 2.32. The fourth-order valence-corrected chi connectivity index (χ4v) is 4.37. The Labute approximate surface area is 192 Å². The number of carbonyl (C=O) groups is 2. The zero-order valence-electron chi connectivity index (χ0n) is 17.7. The van der Waals surface area contributed by atoms with Crippen LogP contribution < -0.4 is 4.90 Å². The third-order valence-corrected chi connectivity index (χ3v) is 5.75. The quantitative estimate of drug-likeness (QED) is 0.658. The highest BCUT2D eigenvalue weighted by Crippen LogP contribution is 2.31. The molecule has 0 aliphatic carbocycles. The number of halogens is 1. The second kappa shape index (κ2) is 11.6. The fourth-order valence-electron chi connectivity index (χ4n) is 4.27. The van der Waals surface area contributed by atoms with E-state index in [1.165, 1.54) is 31.5 Å². The second-order valence-corrected chi connectivity index (χ2v) is 8.49. The minimum atomic E-state index is -1.26. The number of aliphatic carboxylic acids is 2. The van der Waals surface area contributed by atoms with E-state index in [-0.39, 0.29) is 0 Å². The molecule has 2 aliphatic rings. The van der Waals surface area contributed by atoms with Gasteiger partial charge in [-0.05, 0) is 48.9 Å². The Kier molecular flexibility index (Phi) is 8.58. The molecule has 2 atom stereocenters. The van der Waals surface area contributed by atoms with E-state index in [1.807, 2.05) is 12.1 Å². The predicted molar refractivity (Wildman–Crippen MR) is 122 cm³/mol. The summed E-state index contributed by atoms with van der Waals surface area (Å²) in [7, 11) is 0. The van der Waals surface area contributed by atoms with Crippen LogP contribution in [0.1, 0.15) is 18.4 Å². The Morgan fingerprint density at radius 2 is 1.66 bits per heavy atom. The Morgan fingerprint density at radius 3 is 2.28 bits per heavy atom. The number of benzene rings is 1. The second-order valence-electron chi connectivity index (χ2n) is 8.11. The van der Waals surface area contributed by atoms with Gasteiger partial charge in [-0.3, -0.25) is 4.90 Å². The number of rotatable bonds is 5. The molecule has 4 rings (SSSR count). The predicted octanol–water partition coefficient (Wildman–Crippen LogP) is 3.19. The van der Waals surface area contributed by atoms with Crippen LogP contribution in [0.4, 0.5) is 5.82 Å². The number of hydrogen-bond donors (Lipinski definition) is 2. The average molecular weight is 459 g/mol. The molecule has 9 heteroatoms. The SMILES string of the molecule is Clc1ccc(N2CC3CCN(Cc4ccccc4)CC(C3)C2)nn1.O=C(O)/C=C/C(=O)O. The number of fused-ring (bicyclic) bond motifs is 2. The zero-order chi connectivity index (χ0) is 22.9. The van der Waals surface area contributed by atoms with Gasteiger partial charge in [0.1, 0.15) is 0 Å². The lowest BCUT2D eigenvalue weighted by Crippen LogP contribution is -2.42. The summed E-state index contributed by atoms with van der Waals surface area (Å²) >= 11 is 5.87. The number of aromatic nitrogens is 2. The minimum absolute atomic E-state index is 0.460. The molecular weight excluding hydrogens is 432 g/mol. The Morgan fingerprint density at radius 1 is 0.969 bits per heavy atom. The van der Waals surface area contributed by atoms with Crippen molar-refractivity contribution in [2.24, 2.45) is 11.8 Å². The molecule has 2 fully saturated rings. The molecule has 0 saturated carbocycles. The molecule has 2 saturated heterocycles. The molecule has 1 aromatic heterocycles. The molecule has 170 valence electrons. The molecule has 3 heterocycles. The van der Waals surface area contributed by atoms with Gasteiger partial charge in [-0.15, -0.1) is 10.2 Å². The highest BCUT2D eigenvalue weighted by molar-refractivity contribution is 6.29. The van der Waals surface area contributed by atoms with Gasteiger partial charge in [0.2, 0.25) is 0 Å². The molecule has 32 heavy (non-hydrogen) atoms. The molecule has 2 unspecified atom stereocenters. The maximum absolute atomic E-state index is 9.55. The van der Waals surface area contributed by atoms with Gasteiger partial charge >= 0.3 is 11.9 Å². The van der Waals surface area contributed by atoms with Gasteiger partial charge in [-0.1, -0.05) is 41.9 Å². The van der Waals surface area contributed by atoms with E-state index in [4.69, 9.17) is 21.8 Å². The molecule has 8 nitrogen and oxygen atoms in total. The van der Waals surface area contributed by atoms with Crippen LogP contribution in [0.5, 0.6) is 0 Å². The lowest BCUT2D eigenvalue weighted by molar-refractivity contribution is -0.134. The molecule has 2 aliphatic heterocycles. The molecule has 1 aromatic carbocycles. The summed E-state index contributed by atoms with van der Waals surface area (Å²) in [5.74, 6) is -0.0974. The van der Waals surface area contributed by atoms with Crippen molar-refractivity contribution >= 4 is 29.4 Å². The van der Waals surface area contributed by atoms with Gasteiger partial charge in [-0.25, -0.2) is 9.59 Å². The smallest absolute Gasteiger partial charge is 0.328 e. The van der Waals surface area contributed by atoms with Crippen LogP contribution in [0.2, 0.25) is 5.15 Å². The third-order valence-electron chi connectivity index (χ3n) is 5.55. The molecule has 2 bridgehead atoms. The van der Waals surface area contributed by atoms with Crippen LogP contribution in [0.3, 0.4) is 0 Å². The highest BCUT2D eigenvalue weighted by atomic mass is 35.5. The van der Waals surface area contributed by atoms with Crippen LogP contribution in [-0.4, -0.2) is 63.4 Å². The number of hydrogen-bond acceptors (Lipinski definition) is 6. The van der Waals surface area contributed by atoms with Crippen LogP contribution >= 0.6 is 11.6 Å². The lowest BCUT2D eigenvalue weighted by Gasteiger charge is -2.37. The standard InChI is InChI=1S/C19H23ClN4.C4H4O4/c20-18-6-7-19(22-21-18)24-13-16-8-9-23(12-17(10-16)14-24)11-15-4-2-1-3-5-15;5-3(6)1-2-4(7)8/h1-7,16-17H,8-14H2;1-2H,(H,5,6)(H,7,8)/b;2-1+. The Bertz CT molecular complexity index is 907. The van der Waals surface area contributed by atoms with E-state index >= 15 is 0 Å². The van der Waals surface area contributed by atoms with Crippen molar-refractivity contribution in [1.82, 2.24) is 15.1 Å². The first kappa shape index (κ1) is 23.7. The van der Waals surface area contributed by atoms with Crippen molar-refractivity contribution in [3.63, 3.8) is 0 Å². The summed E-state index contributed by atoms with van der Waals surface area (Å²) in [5, 5.41) is 24.4. The number of nitrogens with zero attached hydrogens (tertiary/aromatic N) is 4. The molecule has 0 amide bonds. The maximum Gasteiger partial charge on any atom is 0.328 e. The first-order chi connectivity index (χ1) is 15.4. The van der Waals surface area contributed by atoms with E-state index in [9.17, 15) is 9.59 Å². The van der Waals surface area contributed by atoms with Crippen molar-refractivity contribution in [3.05, 3.63) is 65.3 Å². The number of carboxylic acid groups (broad SMARTS) is 2. The van der Waals surface area contributed by atoms with Crippen LogP contribution in [-0.2, 0) is 16.1 Å². The van der Waals surface area contributed by atoms with Gasteiger partial charge in [0.05, 0.1) is 0 Å². The van der Waals surface area contributed by atoms with Crippen LogP contribution in [0.15, 0.2) is 54.6 Å². The van der Waals surface area contributed by atoms with Crippen LogP contribution in [0, 0.1) is 11.8 Å². The molecule has 0 radical (unpaired) electrons. The van der Waals surface area contributed by atoms with E-state index in [0.29, 0.717) is 23.2 Å². The van der Waals surface area contributed by atoms with E-state index in [2.05, 4.69) is 50.3 Å². The van der Waals surface area contributed by atoms with Crippen LogP contribution in [0.25, 0.3) is 0 Å². The van der Waals surface area contributed by atoms with Gasteiger partial charge in [0.25, 0.3) is 0 Å². The number of anilines is 1. The van der Waals surface area contributed by atoms with Gasteiger partial charge in [-0.2, -0.15) is 0 Å². The molecule has 2 N–H and O–H groups in total. The summed E-state index contributed by atoms with van der Waals surface area (Å²) in [6.07, 6.45) is 3.72. The Hall–Kier alpha value is -2.97. The number of piperidine rings is 1.